The van der Waals surface area contributed by atoms with E-state index in [4.69, 9.17) is 5.73 Å². The lowest BCUT2D eigenvalue weighted by atomic mass is 10.2. The molecular weight excluding hydrogens is 316 g/mol. The molecule has 0 aliphatic rings. The summed E-state index contributed by atoms with van der Waals surface area (Å²) in [6.45, 7) is 1.83. The van der Waals surface area contributed by atoms with Crippen molar-refractivity contribution in [1.82, 2.24) is 0 Å². The molecule has 0 spiro atoms. The number of benzene rings is 1. The van der Waals surface area contributed by atoms with E-state index in [0.29, 0.717) is 11.4 Å². The topological polar surface area (TPSA) is 123 Å². The molecular formula is C12H18N2O5S2. The van der Waals surface area contributed by atoms with Gasteiger partial charge in [-0.3, -0.25) is 4.79 Å². The largest absolute Gasteiger partial charge is 0.397 e. The van der Waals surface area contributed by atoms with Crippen LogP contribution in [0.4, 0.5) is 11.4 Å². The van der Waals surface area contributed by atoms with E-state index in [1.807, 2.05) is 6.92 Å². The van der Waals surface area contributed by atoms with Gasteiger partial charge in [0, 0.05) is 6.26 Å². The molecule has 0 bridgehead atoms. The maximum absolute atomic E-state index is 11.7. The number of nitrogen functional groups attached to an aromatic ring is 1. The zero-order valence-corrected chi connectivity index (χ0v) is 13.4. The van der Waals surface area contributed by atoms with Crippen LogP contribution >= 0.6 is 0 Å². The number of nitrogens with two attached hydrogens (primary N) is 1. The zero-order valence-electron chi connectivity index (χ0n) is 11.8. The highest BCUT2D eigenvalue weighted by Crippen LogP contribution is 2.19. The average molecular weight is 334 g/mol. The maximum atomic E-state index is 11.7. The van der Waals surface area contributed by atoms with Crippen LogP contribution in [-0.4, -0.2) is 46.3 Å². The van der Waals surface area contributed by atoms with Gasteiger partial charge in [0.25, 0.3) is 0 Å². The molecule has 0 saturated heterocycles. The van der Waals surface area contributed by atoms with E-state index in [-0.39, 0.29) is 0 Å². The molecule has 7 nitrogen and oxygen atoms in total. The Morgan fingerprint density at radius 3 is 2.33 bits per heavy atom. The summed E-state index contributed by atoms with van der Waals surface area (Å²) in [6.07, 6.45) is 0.940. The summed E-state index contributed by atoms with van der Waals surface area (Å²) in [5.41, 5.74) is 7.27. The van der Waals surface area contributed by atoms with Gasteiger partial charge in [-0.15, -0.1) is 0 Å². The van der Waals surface area contributed by atoms with E-state index in [9.17, 15) is 21.6 Å². The molecule has 0 radical (unpaired) electrons. The maximum Gasteiger partial charge on any atom is 0.239 e. The van der Waals surface area contributed by atoms with E-state index in [1.165, 1.54) is 0 Å². The van der Waals surface area contributed by atoms with Gasteiger partial charge in [0.1, 0.15) is 15.6 Å². The quantitative estimate of drug-likeness (QED) is 0.704. The Hall–Kier alpha value is -1.61. The second-order valence-corrected chi connectivity index (χ2v) is 9.30. The molecule has 0 fully saturated rings. The summed E-state index contributed by atoms with van der Waals surface area (Å²) in [5.74, 6) is -2.62. The lowest BCUT2D eigenvalue weighted by Gasteiger charge is -2.09. The van der Waals surface area contributed by atoms with Crippen LogP contribution in [0.5, 0.6) is 0 Å². The molecule has 0 aliphatic carbocycles. The number of hydrogen-bond acceptors (Lipinski definition) is 6. The van der Waals surface area contributed by atoms with E-state index < -0.39 is 42.8 Å². The second kappa shape index (κ2) is 6.44. The first-order chi connectivity index (χ1) is 9.48. The minimum atomic E-state index is -3.79. The lowest BCUT2D eigenvalue weighted by molar-refractivity contribution is -0.113. The third-order valence-electron chi connectivity index (χ3n) is 2.60. The van der Waals surface area contributed by atoms with Gasteiger partial charge >= 0.3 is 0 Å². The number of hydrogen-bond donors (Lipinski definition) is 2. The van der Waals surface area contributed by atoms with Crippen LogP contribution < -0.4 is 11.1 Å². The number of carbonyl (C=O) groups is 1. The third kappa shape index (κ3) is 6.58. The highest BCUT2D eigenvalue weighted by atomic mass is 32.2. The number of aryl methyl sites for hydroxylation is 1. The van der Waals surface area contributed by atoms with Crippen molar-refractivity contribution in [2.75, 3.05) is 34.6 Å². The van der Waals surface area contributed by atoms with Crippen molar-refractivity contribution in [3.8, 4) is 0 Å². The monoisotopic (exact) mass is 334 g/mol. The molecule has 1 rings (SSSR count). The molecule has 0 unspecified atom stereocenters. The smallest absolute Gasteiger partial charge is 0.239 e. The molecule has 21 heavy (non-hydrogen) atoms. The molecule has 0 aliphatic heterocycles. The number of rotatable bonds is 6. The number of nitrogens with one attached hydrogen (secondary N) is 1. The van der Waals surface area contributed by atoms with Crippen molar-refractivity contribution in [1.29, 1.82) is 0 Å². The fraction of sp³-hybridized carbons (Fsp3) is 0.417. The van der Waals surface area contributed by atoms with Gasteiger partial charge in [-0.05, 0) is 24.6 Å². The zero-order chi connectivity index (χ0) is 16.3. The van der Waals surface area contributed by atoms with Gasteiger partial charge in [0.2, 0.25) is 5.91 Å². The van der Waals surface area contributed by atoms with E-state index in [0.717, 1.165) is 11.8 Å². The Kier molecular flexibility index (Phi) is 5.35. The predicted molar refractivity (Wildman–Crippen MR) is 82.6 cm³/mol. The molecule has 3 N–H and O–H groups in total. The van der Waals surface area contributed by atoms with Crippen LogP contribution in [0.3, 0.4) is 0 Å². The van der Waals surface area contributed by atoms with Crippen molar-refractivity contribution in [2.45, 2.75) is 6.92 Å². The molecule has 0 aromatic heterocycles. The molecule has 0 saturated carbocycles. The summed E-state index contributed by atoms with van der Waals surface area (Å²) in [7, 11) is -7.18. The number of anilines is 2. The fourth-order valence-corrected chi connectivity index (χ4v) is 4.38. The van der Waals surface area contributed by atoms with Crippen LogP contribution in [0.1, 0.15) is 5.56 Å². The minimum Gasteiger partial charge on any atom is -0.397 e. The predicted octanol–water partition coefficient (Wildman–Crippen LogP) is -0.0249. The SMILES string of the molecule is Cc1ccc(NC(=O)CS(=O)(=O)CCS(C)(=O)=O)c(N)c1. The Labute approximate surface area is 124 Å². The van der Waals surface area contributed by atoms with Gasteiger partial charge in [0.05, 0.1) is 22.9 Å². The van der Waals surface area contributed by atoms with Crippen LogP contribution in [0.25, 0.3) is 0 Å². The van der Waals surface area contributed by atoms with E-state index in [2.05, 4.69) is 5.32 Å². The summed E-state index contributed by atoms with van der Waals surface area (Å²) in [5, 5.41) is 2.40. The third-order valence-corrected chi connectivity index (χ3v) is 5.33. The highest BCUT2D eigenvalue weighted by Gasteiger charge is 2.19. The van der Waals surface area contributed by atoms with Gasteiger partial charge in [-0.2, -0.15) is 0 Å². The van der Waals surface area contributed by atoms with Gasteiger partial charge in [-0.25, -0.2) is 16.8 Å². The first kappa shape index (κ1) is 17.4. The Balaban J connectivity index is 2.68. The number of carbonyl (C=O) groups excluding carboxylic acids is 1. The van der Waals surface area contributed by atoms with E-state index in [1.54, 1.807) is 18.2 Å². The molecule has 1 amide bonds. The van der Waals surface area contributed by atoms with Crippen molar-refractivity contribution >= 4 is 37.0 Å². The first-order valence-electron chi connectivity index (χ1n) is 6.03. The molecule has 0 heterocycles. The van der Waals surface area contributed by atoms with Crippen LogP contribution in [-0.2, 0) is 24.5 Å². The van der Waals surface area contributed by atoms with Gasteiger partial charge < -0.3 is 11.1 Å². The molecule has 0 atom stereocenters. The Bertz CT molecular complexity index is 739. The van der Waals surface area contributed by atoms with Crippen molar-refractivity contribution in [2.24, 2.45) is 0 Å². The van der Waals surface area contributed by atoms with Crippen LogP contribution in [0.2, 0.25) is 0 Å². The summed E-state index contributed by atoms with van der Waals surface area (Å²) in [4.78, 5) is 11.7. The Morgan fingerprint density at radius 2 is 1.81 bits per heavy atom. The summed E-state index contributed by atoms with van der Waals surface area (Å²) >= 11 is 0. The number of sulfone groups is 2. The highest BCUT2D eigenvalue weighted by molar-refractivity contribution is 7.95. The van der Waals surface area contributed by atoms with Crippen molar-refractivity contribution < 1.29 is 21.6 Å². The molecule has 1 aromatic rings. The lowest BCUT2D eigenvalue weighted by Crippen LogP contribution is -2.27. The van der Waals surface area contributed by atoms with Gasteiger partial charge in [-0.1, -0.05) is 6.07 Å². The van der Waals surface area contributed by atoms with Gasteiger partial charge in [0.15, 0.2) is 9.84 Å². The Morgan fingerprint density at radius 1 is 1.19 bits per heavy atom. The van der Waals surface area contributed by atoms with Crippen LogP contribution in [0, 0.1) is 6.92 Å². The number of amides is 1. The molecule has 1 aromatic carbocycles. The minimum absolute atomic E-state index is 0.323. The van der Waals surface area contributed by atoms with Crippen molar-refractivity contribution in [3.63, 3.8) is 0 Å². The first-order valence-corrected chi connectivity index (χ1v) is 9.91. The normalized spacial score (nSPS) is 12.1. The van der Waals surface area contributed by atoms with Crippen LogP contribution in [0.15, 0.2) is 18.2 Å². The summed E-state index contributed by atoms with van der Waals surface area (Å²) < 4.78 is 45.2. The molecule has 9 heteroatoms. The average Bonchev–Trinajstić information content (AvgIpc) is 2.29. The van der Waals surface area contributed by atoms with E-state index >= 15 is 0 Å². The van der Waals surface area contributed by atoms with Crippen molar-refractivity contribution in [3.05, 3.63) is 23.8 Å². The fourth-order valence-electron chi connectivity index (χ4n) is 1.53. The molecule has 118 valence electrons. The standard InChI is InChI=1S/C12H18N2O5S2/c1-9-3-4-11(10(13)7-9)14-12(15)8-21(18,19)6-5-20(2,16)17/h3-4,7H,5-6,8,13H2,1-2H3,(H,14,15). The second-order valence-electron chi connectivity index (χ2n) is 4.86. The summed E-state index contributed by atoms with van der Waals surface area (Å²) in [6, 6.07) is 4.95.